The molecule has 1 aliphatic rings. The summed E-state index contributed by atoms with van der Waals surface area (Å²) in [5.74, 6) is 1.39. The molecule has 0 spiro atoms. The van der Waals surface area contributed by atoms with E-state index in [4.69, 9.17) is 11.6 Å². The molecular weight excluding hydrogens is 296 g/mol. The first-order valence-corrected chi connectivity index (χ1v) is 8.13. The van der Waals surface area contributed by atoms with Gasteiger partial charge in [0.25, 0.3) is 0 Å². The van der Waals surface area contributed by atoms with Gasteiger partial charge in [0, 0.05) is 10.4 Å². The average Bonchev–Trinajstić information content (AvgIpc) is 2.62. The summed E-state index contributed by atoms with van der Waals surface area (Å²) in [5, 5.41) is 1.96. The second-order valence-electron chi connectivity index (χ2n) is 5.03. The predicted molar refractivity (Wildman–Crippen MR) is 79.2 cm³/mol. The van der Waals surface area contributed by atoms with E-state index in [9.17, 15) is 0 Å². The monoisotopic (exact) mass is 314 g/mol. The Bertz CT molecular complexity index is 343. The number of benzene rings is 1. The molecule has 0 saturated heterocycles. The summed E-state index contributed by atoms with van der Waals surface area (Å²) in [7, 11) is 0. The van der Waals surface area contributed by atoms with Crippen LogP contribution in [0.2, 0.25) is 5.02 Å². The van der Waals surface area contributed by atoms with Gasteiger partial charge in [-0.05, 0) is 36.3 Å². The zero-order valence-corrected chi connectivity index (χ0v) is 12.5. The predicted octanol–water partition coefficient (Wildman–Crippen LogP) is 5.79. The van der Waals surface area contributed by atoms with Crippen molar-refractivity contribution < 1.29 is 0 Å². The van der Waals surface area contributed by atoms with Crippen molar-refractivity contribution in [1.82, 2.24) is 0 Å². The van der Waals surface area contributed by atoms with Crippen LogP contribution >= 0.6 is 27.5 Å². The van der Waals surface area contributed by atoms with Crippen molar-refractivity contribution >= 4 is 27.5 Å². The highest BCUT2D eigenvalue weighted by atomic mass is 79.9. The maximum absolute atomic E-state index is 6.34. The van der Waals surface area contributed by atoms with Gasteiger partial charge in [0.1, 0.15) is 0 Å². The molecule has 1 aromatic rings. The number of halogens is 2. The second-order valence-corrected chi connectivity index (χ2v) is 6.09. The summed E-state index contributed by atoms with van der Waals surface area (Å²) in [5.41, 5.74) is 1.33. The first-order chi connectivity index (χ1) is 8.33. The van der Waals surface area contributed by atoms with Crippen LogP contribution in [0.25, 0.3) is 0 Å². The molecule has 17 heavy (non-hydrogen) atoms. The molecule has 1 fully saturated rings. The third kappa shape index (κ3) is 3.48. The summed E-state index contributed by atoms with van der Waals surface area (Å²) in [4.78, 5) is 0. The van der Waals surface area contributed by atoms with E-state index in [2.05, 4.69) is 28.1 Å². The van der Waals surface area contributed by atoms with Crippen molar-refractivity contribution in [2.45, 2.75) is 44.4 Å². The molecule has 0 amide bonds. The zero-order valence-electron chi connectivity index (χ0n) is 10.2. The molecule has 1 saturated carbocycles. The van der Waals surface area contributed by atoms with Crippen LogP contribution in [-0.4, -0.2) is 5.33 Å². The van der Waals surface area contributed by atoms with Crippen LogP contribution < -0.4 is 0 Å². The minimum absolute atomic E-state index is 0.585. The van der Waals surface area contributed by atoms with Crippen LogP contribution in [0.5, 0.6) is 0 Å². The van der Waals surface area contributed by atoms with Crippen molar-refractivity contribution in [3.63, 3.8) is 0 Å². The Kier molecular flexibility index (Phi) is 5.37. The first kappa shape index (κ1) is 13.4. The van der Waals surface area contributed by atoms with E-state index >= 15 is 0 Å². The van der Waals surface area contributed by atoms with Crippen LogP contribution in [0.3, 0.4) is 0 Å². The molecule has 1 aromatic carbocycles. The van der Waals surface area contributed by atoms with Gasteiger partial charge in [-0.15, -0.1) is 0 Å². The second kappa shape index (κ2) is 6.80. The summed E-state index contributed by atoms with van der Waals surface area (Å²) in [6, 6.07) is 8.33. The molecule has 0 N–H and O–H groups in total. The third-order valence-corrected chi connectivity index (χ3v) is 4.98. The molecule has 94 valence electrons. The van der Waals surface area contributed by atoms with E-state index < -0.39 is 0 Å². The lowest BCUT2D eigenvalue weighted by Gasteiger charge is -2.25. The van der Waals surface area contributed by atoms with Gasteiger partial charge >= 0.3 is 0 Å². The van der Waals surface area contributed by atoms with E-state index in [0.29, 0.717) is 5.92 Å². The van der Waals surface area contributed by atoms with Gasteiger partial charge in [-0.2, -0.15) is 0 Å². The lowest BCUT2D eigenvalue weighted by Crippen LogP contribution is -2.14. The Morgan fingerprint density at radius 1 is 1.12 bits per heavy atom. The minimum Gasteiger partial charge on any atom is -0.0921 e. The Morgan fingerprint density at radius 3 is 2.35 bits per heavy atom. The van der Waals surface area contributed by atoms with E-state index in [0.717, 1.165) is 16.3 Å². The summed E-state index contributed by atoms with van der Waals surface area (Å²) >= 11 is 10.0. The van der Waals surface area contributed by atoms with E-state index in [1.54, 1.807) is 0 Å². The van der Waals surface area contributed by atoms with Crippen molar-refractivity contribution in [3.8, 4) is 0 Å². The van der Waals surface area contributed by atoms with Crippen molar-refractivity contribution in [3.05, 3.63) is 34.9 Å². The molecule has 2 heteroatoms. The van der Waals surface area contributed by atoms with Crippen molar-refractivity contribution in [2.75, 3.05) is 5.33 Å². The van der Waals surface area contributed by atoms with Crippen molar-refractivity contribution in [2.24, 2.45) is 5.92 Å². The van der Waals surface area contributed by atoms with Gasteiger partial charge in [-0.1, -0.05) is 71.4 Å². The largest absolute Gasteiger partial charge is 0.0921 e. The van der Waals surface area contributed by atoms with Gasteiger partial charge in [0.15, 0.2) is 0 Å². The Morgan fingerprint density at radius 2 is 1.76 bits per heavy atom. The maximum Gasteiger partial charge on any atom is 0.0441 e. The van der Waals surface area contributed by atoms with Crippen LogP contribution in [0, 0.1) is 5.92 Å². The normalized spacial score (nSPS) is 19.9. The van der Waals surface area contributed by atoms with Crippen molar-refractivity contribution in [1.29, 1.82) is 0 Å². The fraction of sp³-hybridized carbons (Fsp3) is 0.600. The summed E-state index contributed by atoms with van der Waals surface area (Å²) in [6.45, 7) is 0. The fourth-order valence-corrected chi connectivity index (χ4v) is 4.11. The average molecular weight is 316 g/mol. The molecular formula is C15H20BrCl. The highest BCUT2D eigenvalue weighted by molar-refractivity contribution is 9.09. The molecule has 2 rings (SSSR count). The molecule has 0 aromatic heterocycles. The molecule has 0 bridgehead atoms. The quantitative estimate of drug-likeness (QED) is 0.489. The Hall–Kier alpha value is -0.0100. The maximum atomic E-state index is 6.34. The minimum atomic E-state index is 0.585. The highest BCUT2D eigenvalue weighted by Crippen LogP contribution is 2.38. The van der Waals surface area contributed by atoms with Gasteiger partial charge in [-0.25, -0.2) is 0 Å². The molecule has 1 aliphatic carbocycles. The third-order valence-electron chi connectivity index (χ3n) is 3.94. The van der Waals surface area contributed by atoms with Gasteiger partial charge in [0.05, 0.1) is 0 Å². The lowest BCUT2D eigenvalue weighted by molar-refractivity contribution is 0.400. The molecule has 0 aliphatic heterocycles. The Labute approximate surface area is 118 Å². The topological polar surface area (TPSA) is 0 Å². The zero-order chi connectivity index (χ0) is 12.1. The molecule has 0 radical (unpaired) electrons. The van der Waals surface area contributed by atoms with Gasteiger partial charge in [-0.3, -0.25) is 0 Å². The number of rotatable bonds is 3. The smallest absolute Gasteiger partial charge is 0.0441 e. The summed E-state index contributed by atoms with van der Waals surface area (Å²) < 4.78 is 0. The summed E-state index contributed by atoms with van der Waals surface area (Å²) in [6.07, 6.45) is 8.32. The standard InChI is InChI=1S/C15H20BrCl/c16-11-14(12-7-3-1-2-4-8-12)13-9-5-6-10-15(13)17/h5-6,9-10,12,14H,1-4,7-8,11H2. The van der Waals surface area contributed by atoms with Gasteiger partial charge < -0.3 is 0 Å². The Balaban J connectivity index is 2.17. The van der Waals surface area contributed by atoms with E-state index in [1.807, 2.05) is 12.1 Å². The molecule has 0 nitrogen and oxygen atoms in total. The number of alkyl halides is 1. The molecule has 1 atom stereocenters. The van der Waals surface area contributed by atoms with Crippen LogP contribution in [0.4, 0.5) is 0 Å². The van der Waals surface area contributed by atoms with Crippen LogP contribution in [0.1, 0.15) is 50.0 Å². The van der Waals surface area contributed by atoms with E-state index in [1.165, 1.54) is 44.1 Å². The fourth-order valence-electron chi connectivity index (χ4n) is 2.95. The van der Waals surface area contributed by atoms with E-state index in [-0.39, 0.29) is 0 Å². The SMILES string of the molecule is Clc1ccccc1C(CBr)C1CCCCCC1. The molecule has 0 heterocycles. The van der Waals surface area contributed by atoms with Crippen LogP contribution in [-0.2, 0) is 0 Å². The number of hydrogen-bond donors (Lipinski definition) is 0. The lowest BCUT2D eigenvalue weighted by atomic mass is 9.83. The van der Waals surface area contributed by atoms with Crippen LogP contribution in [0.15, 0.2) is 24.3 Å². The van der Waals surface area contributed by atoms with Gasteiger partial charge in [0.2, 0.25) is 0 Å². The highest BCUT2D eigenvalue weighted by Gasteiger charge is 2.24. The number of hydrogen-bond acceptors (Lipinski definition) is 0. The molecule has 1 unspecified atom stereocenters. The first-order valence-electron chi connectivity index (χ1n) is 6.63.